The lowest BCUT2D eigenvalue weighted by atomic mass is 10.1. The van der Waals surface area contributed by atoms with E-state index < -0.39 is 0 Å². The quantitative estimate of drug-likeness (QED) is 0.664. The minimum absolute atomic E-state index is 0.0931. The van der Waals surface area contributed by atoms with Gasteiger partial charge in [0.25, 0.3) is 5.91 Å². The van der Waals surface area contributed by atoms with Gasteiger partial charge in [-0.3, -0.25) is 14.4 Å². The molecule has 7 heteroatoms. The van der Waals surface area contributed by atoms with Gasteiger partial charge in [0, 0.05) is 52.0 Å². The summed E-state index contributed by atoms with van der Waals surface area (Å²) >= 11 is 0. The molecule has 0 spiro atoms. The SMILES string of the molecule is CCN1CCN(Cc2ccc(CNC(=O)c3cc(C)nc4c3c(C)nn4C)cc2)CC1. The number of aryl methyl sites for hydroxylation is 3. The highest BCUT2D eigenvalue weighted by atomic mass is 16.1. The molecule has 1 aliphatic rings. The molecule has 1 aliphatic heterocycles. The number of piperazine rings is 1. The van der Waals surface area contributed by atoms with Crippen molar-refractivity contribution in [3.63, 3.8) is 0 Å². The molecule has 0 atom stereocenters. The number of carbonyl (C=O) groups excluding carboxylic acids is 1. The molecule has 1 fully saturated rings. The summed E-state index contributed by atoms with van der Waals surface area (Å²) in [7, 11) is 1.86. The van der Waals surface area contributed by atoms with Gasteiger partial charge in [0.2, 0.25) is 0 Å². The van der Waals surface area contributed by atoms with Gasteiger partial charge in [-0.15, -0.1) is 0 Å². The van der Waals surface area contributed by atoms with E-state index in [1.54, 1.807) is 4.68 Å². The predicted molar refractivity (Wildman–Crippen MR) is 123 cm³/mol. The number of hydrogen-bond acceptors (Lipinski definition) is 5. The third kappa shape index (κ3) is 4.78. The molecule has 0 radical (unpaired) electrons. The van der Waals surface area contributed by atoms with Gasteiger partial charge in [-0.25, -0.2) is 4.98 Å². The third-order valence-electron chi connectivity index (χ3n) is 6.14. The van der Waals surface area contributed by atoms with Crippen LogP contribution in [0.2, 0.25) is 0 Å². The number of pyridine rings is 1. The number of hydrogen-bond donors (Lipinski definition) is 1. The molecule has 1 N–H and O–H groups in total. The lowest BCUT2D eigenvalue weighted by Gasteiger charge is -2.34. The Balaban J connectivity index is 1.38. The molecule has 164 valence electrons. The number of aromatic nitrogens is 3. The van der Waals surface area contributed by atoms with Gasteiger partial charge >= 0.3 is 0 Å². The van der Waals surface area contributed by atoms with Crippen LogP contribution in [0.15, 0.2) is 30.3 Å². The lowest BCUT2D eigenvalue weighted by molar-refractivity contribution is 0.0952. The second-order valence-corrected chi connectivity index (χ2v) is 8.43. The zero-order valence-electron chi connectivity index (χ0n) is 19.0. The molecule has 0 bridgehead atoms. The number of amides is 1. The summed E-state index contributed by atoms with van der Waals surface area (Å²) in [5, 5.41) is 8.31. The van der Waals surface area contributed by atoms with E-state index in [4.69, 9.17) is 0 Å². The Labute approximate surface area is 184 Å². The maximum Gasteiger partial charge on any atom is 0.252 e. The Bertz CT molecular complexity index is 1060. The van der Waals surface area contributed by atoms with E-state index in [2.05, 4.69) is 56.4 Å². The van der Waals surface area contributed by atoms with Gasteiger partial charge in [0.05, 0.1) is 16.6 Å². The van der Waals surface area contributed by atoms with E-state index in [1.807, 2.05) is 27.0 Å². The average molecular weight is 421 g/mol. The molecule has 0 unspecified atom stereocenters. The van der Waals surface area contributed by atoms with Crippen LogP contribution in [0, 0.1) is 13.8 Å². The standard InChI is InChI=1S/C24H32N6O/c1-5-29-10-12-30(13-11-29)16-20-8-6-19(7-9-20)15-25-24(31)21-14-17(2)26-23-22(21)18(3)27-28(23)4/h6-9,14H,5,10-13,15-16H2,1-4H3,(H,25,31). The highest BCUT2D eigenvalue weighted by Gasteiger charge is 2.18. The maximum atomic E-state index is 12.9. The number of fused-ring (bicyclic) bond motifs is 1. The number of likely N-dealkylation sites (N-methyl/N-ethyl adjacent to an activating group) is 1. The number of carbonyl (C=O) groups is 1. The normalized spacial score (nSPS) is 15.5. The van der Waals surface area contributed by atoms with Crippen LogP contribution >= 0.6 is 0 Å². The first kappa shape index (κ1) is 21.5. The van der Waals surface area contributed by atoms with Crippen LogP contribution in [0.25, 0.3) is 11.0 Å². The molecule has 1 amide bonds. The van der Waals surface area contributed by atoms with Gasteiger partial charge in [-0.2, -0.15) is 5.10 Å². The summed E-state index contributed by atoms with van der Waals surface area (Å²) in [5.41, 5.74) is 5.42. The number of nitrogens with zero attached hydrogens (tertiary/aromatic N) is 5. The van der Waals surface area contributed by atoms with Crippen LogP contribution < -0.4 is 5.32 Å². The number of nitrogens with one attached hydrogen (secondary N) is 1. The van der Waals surface area contributed by atoms with Gasteiger partial charge in [-0.1, -0.05) is 31.2 Å². The highest BCUT2D eigenvalue weighted by molar-refractivity contribution is 6.06. The number of benzene rings is 1. The lowest BCUT2D eigenvalue weighted by Crippen LogP contribution is -2.45. The van der Waals surface area contributed by atoms with Crippen LogP contribution in [0.4, 0.5) is 0 Å². The first-order valence-corrected chi connectivity index (χ1v) is 11.1. The fraction of sp³-hybridized carbons (Fsp3) is 0.458. The van der Waals surface area contributed by atoms with Gasteiger partial charge in [-0.05, 0) is 37.6 Å². The second-order valence-electron chi connectivity index (χ2n) is 8.43. The smallest absolute Gasteiger partial charge is 0.252 e. The molecule has 0 saturated carbocycles. The van der Waals surface area contributed by atoms with Gasteiger partial charge in [0.15, 0.2) is 5.65 Å². The summed E-state index contributed by atoms with van der Waals surface area (Å²) in [6.07, 6.45) is 0. The van der Waals surface area contributed by atoms with Crippen LogP contribution in [-0.2, 0) is 20.1 Å². The minimum atomic E-state index is -0.0931. The molecular formula is C24H32N6O. The van der Waals surface area contributed by atoms with Gasteiger partial charge < -0.3 is 10.2 Å². The largest absolute Gasteiger partial charge is 0.348 e. The molecule has 0 aliphatic carbocycles. The molecule has 4 rings (SSSR count). The van der Waals surface area contributed by atoms with Crippen molar-refractivity contribution in [2.75, 3.05) is 32.7 Å². The van der Waals surface area contributed by atoms with E-state index in [9.17, 15) is 4.79 Å². The van der Waals surface area contributed by atoms with Crippen LogP contribution in [-0.4, -0.2) is 63.2 Å². The van der Waals surface area contributed by atoms with Crippen LogP contribution in [0.5, 0.6) is 0 Å². The summed E-state index contributed by atoms with van der Waals surface area (Å²) < 4.78 is 1.73. The number of rotatable bonds is 6. The molecular weight excluding hydrogens is 388 g/mol. The van der Waals surface area contributed by atoms with Crippen molar-refractivity contribution in [1.29, 1.82) is 0 Å². The van der Waals surface area contributed by atoms with Crippen molar-refractivity contribution in [1.82, 2.24) is 29.9 Å². The van der Waals surface area contributed by atoms with Crippen molar-refractivity contribution in [2.45, 2.75) is 33.9 Å². The fourth-order valence-corrected chi connectivity index (χ4v) is 4.31. The highest BCUT2D eigenvalue weighted by Crippen LogP contribution is 2.21. The molecule has 31 heavy (non-hydrogen) atoms. The van der Waals surface area contributed by atoms with E-state index >= 15 is 0 Å². The van der Waals surface area contributed by atoms with Crippen LogP contribution in [0.3, 0.4) is 0 Å². The van der Waals surface area contributed by atoms with Crippen molar-refractivity contribution in [3.8, 4) is 0 Å². The first-order chi connectivity index (χ1) is 14.9. The predicted octanol–water partition coefficient (Wildman–Crippen LogP) is 2.65. The van der Waals surface area contributed by atoms with Gasteiger partial charge in [0.1, 0.15) is 0 Å². The van der Waals surface area contributed by atoms with E-state index in [-0.39, 0.29) is 5.91 Å². The Morgan fingerprint density at radius 1 is 1.03 bits per heavy atom. The Kier molecular flexibility index (Phi) is 6.34. The van der Waals surface area contributed by atoms with Crippen LogP contribution in [0.1, 0.15) is 39.8 Å². The average Bonchev–Trinajstić information content (AvgIpc) is 3.06. The van der Waals surface area contributed by atoms with E-state index in [0.717, 1.165) is 67.3 Å². The molecule has 1 aromatic carbocycles. The minimum Gasteiger partial charge on any atom is -0.348 e. The summed E-state index contributed by atoms with van der Waals surface area (Å²) in [6.45, 7) is 13.2. The molecule has 7 nitrogen and oxygen atoms in total. The summed E-state index contributed by atoms with van der Waals surface area (Å²) in [4.78, 5) is 22.5. The molecule has 3 heterocycles. The Hall–Kier alpha value is -2.77. The molecule has 1 saturated heterocycles. The van der Waals surface area contributed by atoms with E-state index in [0.29, 0.717) is 12.1 Å². The van der Waals surface area contributed by atoms with E-state index in [1.165, 1.54) is 5.56 Å². The Morgan fingerprint density at radius 2 is 1.68 bits per heavy atom. The summed E-state index contributed by atoms with van der Waals surface area (Å²) in [5.74, 6) is -0.0931. The monoisotopic (exact) mass is 420 g/mol. The van der Waals surface area contributed by atoms with Crippen molar-refractivity contribution in [2.24, 2.45) is 7.05 Å². The molecule has 2 aromatic heterocycles. The Morgan fingerprint density at radius 3 is 2.35 bits per heavy atom. The topological polar surface area (TPSA) is 66.3 Å². The summed E-state index contributed by atoms with van der Waals surface area (Å²) in [6, 6.07) is 10.4. The third-order valence-corrected chi connectivity index (χ3v) is 6.14. The van der Waals surface area contributed by atoms with Crippen molar-refractivity contribution in [3.05, 3.63) is 58.4 Å². The molecule has 3 aromatic rings. The van der Waals surface area contributed by atoms with Crippen molar-refractivity contribution < 1.29 is 4.79 Å². The first-order valence-electron chi connectivity index (χ1n) is 11.1. The maximum absolute atomic E-state index is 12.9. The fourth-order valence-electron chi connectivity index (χ4n) is 4.31. The van der Waals surface area contributed by atoms with Crippen molar-refractivity contribution >= 4 is 16.9 Å². The zero-order valence-corrected chi connectivity index (χ0v) is 19.0. The zero-order chi connectivity index (χ0) is 22.0. The second kappa shape index (κ2) is 9.16.